The molecule has 0 aliphatic carbocycles. The number of hydrogen-bond acceptors (Lipinski definition) is 6. The molecule has 0 saturated carbocycles. The van der Waals surface area contributed by atoms with E-state index in [-0.39, 0.29) is 11.9 Å². The van der Waals surface area contributed by atoms with Crippen LogP contribution in [0.15, 0.2) is 24.3 Å². The lowest BCUT2D eigenvalue weighted by atomic mass is 10.1. The van der Waals surface area contributed by atoms with E-state index in [1.165, 1.54) is 6.07 Å². The van der Waals surface area contributed by atoms with Gasteiger partial charge in [0.1, 0.15) is 11.4 Å². The van der Waals surface area contributed by atoms with Gasteiger partial charge in [-0.1, -0.05) is 16.6 Å². The molecule has 0 amide bonds. The Labute approximate surface area is 108 Å². The summed E-state index contributed by atoms with van der Waals surface area (Å²) in [6, 6.07) is 6.67. The van der Waals surface area contributed by atoms with Crippen molar-refractivity contribution in [3.63, 3.8) is 0 Å². The van der Waals surface area contributed by atoms with Crippen molar-refractivity contribution < 1.29 is 14.6 Å². The predicted octanol–water partition coefficient (Wildman–Crippen LogP) is 2.48. The first-order valence-electron chi connectivity index (χ1n) is 5.41. The molecule has 18 heavy (non-hydrogen) atoms. The molecule has 1 heterocycles. The highest BCUT2D eigenvalue weighted by atomic mass is 32.1. The molecule has 0 bridgehead atoms. The van der Waals surface area contributed by atoms with Gasteiger partial charge in [0, 0.05) is 5.56 Å². The Kier molecular flexibility index (Phi) is 3.57. The van der Waals surface area contributed by atoms with E-state index in [1.807, 2.05) is 0 Å². The van der Waals surface area contributed by atoms with Crippen molar-refractivity contribution in [2.24, 2.45) is 0 Å². The maximum Gasteiger partial charge on any atom is 0.352 e. The van der Waals surface area contributed by atoms with Crippen LogP contribution in [0.2, 0.25) is 0 Å². The largest absolute Gasteiger partial charge is 0.507 e. The lowest BCUT2D eigenvalue weighted by Crippen LogP contribution is -2.11. The van der Waals surface area contributed by atoms with Gasteiger partial charge in [0.25, 0.3) is 0 Å². The molecule has 0 aliphatic heterocycles. The van der Waals surface area contributed by atoms with Crippen LogP contribution in [0.1, 0.15) is 23.5 Å². The third-order valence-corrected chi connectivity index (χ3v) is 2.88. The Morgan fingerprint density at radius 3 is 2.78 bits per heavy atom. The summed E-state index contributed by atoms with van der Waals surface area (Å²) < 4.78 is 8.85. The van der Waals surface area contributed by atoms with Crippen LogP contribution in [0.25, 0.3) is 11.3 Å². The molecular weight excluding hydrogens is 252 g/mol. The highest BCUT2D eigenvalue weighted by Gasteiger charge is 2.21. The first-order valence-corrected chi connectivity index (χ1v) is 6.18. The van der Waals surface area contributed by atoms with Crippen LogP contribution in [0.5, 0.6) is 5.75 Å². The summed E-state index contributed by atoms with van der Waals surface area (Å²) in [5.74, 6) is -0.415. The zero-order chi connectivity index (χ0) is 13.1. The number of aromatic nitrogens is 2. The van der Waals surface area contributed by atoms with Crippen molar-refractivity contribution in [3.05, 3.63) is 29.1 Å². The Bertz CT molecular complexity index is 566. The van der Waals surface area contributed by atoms with Gasteiger partial charge in [-0.15, -0.1) is 5.10 Å². The fourth-order valence-electron chi connectivity index (χ4n) is 1.44. The van der Waals surface area contributed by atoms with Crippen LogP contribution < -0.4 is 0 Å². The quantitative estimate of drug-likeness (QED) is 0.862. The Hall–Kier alpha value is -1.95. The number of carbonyl (C=O) groups excluding carboxylic acids is 1. The van der Waals surface area contributed by atoms with Gasteiger partial charge in [0.15, 0.2) is 4.88 Å². The number of aromatic hydroxyl groups is 1. The average molecular weight is 264 g/mol. The van der Waals surface area contributed by atoms with Crippen molar-refractivity contribution in [1.29, 1.82) is 0 Å². The molecule has 1 aromatic carbocycles. The van der Waals surface area contributed by atoms with E-state index in [1.54, 1.807) is 32.0 Å². The van der Waals surface area contributed by atoms with Crippen molar-refractivity contribution in [3.8, 4) is 17.0 Å². The molecule has 2 rings (SSSR count). The summed E-state index contributed by atoms with van der Waals surface area (Å²) in [6.45, 7) is 3.54. The highest BCUT2D eigenvalue weighted by molar-refractivity contribution is 7.08. The van der Waals surface area contributed by atoms with E-state index < -0.39 is 5.97 Å². The first kappa shape index (κ1) is 12.5. The van der Waals surface area contributed by atoms with Crippen LogP contribution in [0, 0.1) is 0 Å². The number of esters is 1. The number of phenolic OH excluding ortho intramolecular Hbond substituents is 1. The topological polar surface area (TPSA) is 72.3 Å². The minimum atomic E-state index is -0.474. The zero-order valence-electron chi connectivity index (χ0n) is 9.95. The molecule has 2 aromatic rings. The van der Waals surface area contributed by atoms with Crippen LogP contribution >= 0.6 is 11.5 Å². The molecule has 0 spiro atoms. The fourth-order valence-corrected chi connectivity index (χ4v) is 2.01. The number of para-hydroxylation sites is 1. The second-order valence-corrected chi connectivity index (χ2v) is 4.68. The van der Waals surface area contributed by atoms with Crippen LogP contribution in [0.3, 0.4) is 0 Å². The maximum absolute atomic E-state index is 11.8. The minimum Gasteiger partial charge on any atom is -0.507 e. The van der Waals surface area contributed by atoms with Gasteiger partial charge < -0.3 is 9.84 Å². The van der Waals surface area contributed by atoms with Crippen molar-refractivity contribution in [2.45, 2.75) is 20.0 Å². The molecule has 0 aliphatic rings. The lowest BCUT2D eigenvalue weighted by molar-refractivity contribution is 0.0384. The number of ether oxygens (including phenoxy) is 1. The summed E-state index contributed by atoms with van der Waals surface area (Å²) in [5, 5.41) is 13.6. The van der Waals surface area contributed by atoms with Crippen LogP contribution in [-0.4, -0.2) is 26.8 Å². The van der Waals surface area contributed by atoms with Gasteiger partial charge in [0.2, 0.25) is 0 Å². The summed E-state index contributed by atoms with van der Waals surface area (Å²) in [5.41, 5.74) is 0.825. The smallest absolute Gasteiger partial charge is 0.352 e. The number of carbonyl (C=O) groups is 1. The molecule has 6 heteroatoms. The summed E-state index contributed by atoms with van der Waals surface area (Å²) in [7, 11) is 0. The van der Waals surface area contributed by atoms with E-state index in [0.29, 0.717) is 16.1 Å². The van der Waals surface area contributed by atoms with Gasteiger partial charge in [-0.2, -0.15) is 0 Å². The molecule has 0 saturated heterocycles. The molecule has 94 valence electrons. The SMILES string of the molecule is CC(C)OC(=O)c1snnc1-c1ccccc1O. The van der Waals surface area contributed by atoms with E-state index in [0.717, 1.165) is 11.5 Å². The summed E-state index contributed by atoms with van der Waals surface area (Å²) in [6.07, 6.45) is -0.211. The standard InChI is InChI=1S/C12H12N2O3S/c1-7(2)17-12(16)11-10(13-14-18-11)8-5-3-4-6-9(8)15/h3-7,15H,1-2H3. The first-order chi connectivity index (χ1) is 8.59. The normalized spacial score (nSPS) is 10.6. The molecule has 5 nitrogen and oxygen atoms in total. The highest BCUT2D eigenvalue weighted by Crippen LogP contribution is 2.31. The lowest BCUT2D eigenvalue weighted by Gasteiger charge is -2.07. The molecule has 1 N–H and O–H groups in total. The van der Waals surface area contributed by atoms with Crippen molar-refractivity contribution in [2.75, 3.05) is 0 Å². The number of phenols is 1. The van der Waals surface area contributed by atoms with Gasteiger partial charge in [-0.3, -0.25) is 0 Å². The molecule has 0 atom stereocenters. The van der Waals surface area contributed by atoms with Crippen molar-refractivity contribution >= 4 is 17.5 Å². The third kappa shape index (κ3) is 2.48. The molecular formula is C12H12N2O3S. The molecule has 0 radical (unpaired) electrons. The predicted molar refractivity (Wildman–Crippen MR) is 67.6 cm³/mol. The van der Waals surface area contributed by atoms with E-state index in [9.17, 15) is 9.90 Å². The van der Waals surface area contributed by atoms with E-state index in [4.69, 9.17) is 4.74 Å². The van der Waals surface area contributed by atoms with Crippen LogP contribution in [-0.2, 0) is 4.74 Å². The Balaban J connectivity index is 2.40. The van der Waals surface area contributed by atoms with E-state index >= 15 is 0 Å². The summed E-state index contributed by atoms with van der Waals surface area (Å²) in [4.78, 5) is 12.1. The Morgan fingerprint density at radius 1 is 1.39 bits per heavy atom. The van der Waals surface area contributed by atoms with Gasteiger partial charge in [0.05, 0.1) is 6.10 Å². The minimum absolute atomic E-state index is 0.0591. The van der Waals surface area contributed by atoms with E-state index in [2.05, 4.69) is 9.59 Å². The molecule has 0 fully saturated rings. The monoisotopic (exact) mass is 264 g/mol. The van der Waals surface area contributed by atoms with Crippen molar-refractivity contribution in [1.82, 2.24) is 9.59 Å². The zero-order valence-corrected chi connectivity index (χ0v) is 10.8. The van der Waals surface area contributed by atoms with Gasteiger partial charge >= 0.3 is 5.97 Å². The summed E-state index contributed by atoms with van der Waals surface area (Å²) >= 11 is 0.956. The molecule has 1 aromatic heterocycles. The number of benzene rings is 1. The van der Waals surface area contributed by atoms with Crippen LogP contribution in [0.4, 0.5) is 0 Å². The number of hydrogen-bond donors (Lipinski definition) is 1. The number of rotatable bonds is 3. The second kappa shape index (κ2) is 5.14. The fraction of sp³-hybridized carbons (Fsp3) is 0.250. The second-order valence-electron chi connectivity index (χ2n) is 3.92. The van der Waals surface area contributed by atoms with Gasteiger partial charge in [-0.25, -0.2) is 4.79 Å². The van der Waals surface area contributed by atoms with Gasteiger partial charge in [-0.05, 0) is 37.5 Å². The Morgan fingerprint density at radius 2 is 2.11 bits per heavy atom. The number of nitrogens with zero attached hydrogens (tertiary/aromatic N) is 2. The molecule has 0 unspecified atom stereocenters. The third-order valence-electron chi connectivity index (χ3n) is 2.18. The maximum atomic E-state index is 11.8. The average Bonchev–Trinajstić information content (AvgIpc) is 2.77.